The van der Waals surface area contributed by atoms with E-state index >= 15 is 0 Å². The van der Waals surface area contributed by atoms with Crippen LogP contribution in [-0.2, 0) is 0 Å². The number of hydrogen-bond acceptors (Lipinski definition) is 7. The van der Waals surface area contributed by atoms with E-state index in [4.69, 9.17) is 0 Å². The summed E-state index contributed by atoms with van der Waals surface area (Å²) in [5.41, 5.74) is 0.489. The molecule has 0 saturated carbocycles. The maximum Gasteiger partial charge on any atom is 0.257 e. The van der Waals surface area contributed by atoms with Crippen molar-refractivity contribution >= 4 is 17.8 Å². The Kier molecular flexibility index (Phi) is 4.95. The largest absolute Gasteiger partial charge is 0.351 e. The van der Waals surface area contributed by atoms with E-state index in [9.17, 15) is 4.79 Å². The molecule has 1 saturated heterocycles. The number of aromatic nitrogens is 4. The van der Waals surface area contributed by atoms with Crippen molar-refractivity contribution in [2.45, 2.75) is 0 Å². The molecular weight excluding hydrogens is 306 g/mol. The maximum absolute atomic E-state index is 12.5. The standard InChI is InChI=1S/C16H19N7O/c1-2-4-17-15-20-11-13(12-21-15)14(24)22-7-9-23(10-8-22)16-18-5-3-6-19-16/h2-3,5-6,11-12H,1,4,7-10H2,(H,17,20,21). The van der Waals surface area contributed by atoms with Crippen molar-refractivity contribution in [1.29, 1.82) is 0 Å². The SMILES string of the molecule is C=CCNc1ncc(C(=O)N2CCN(c3ncccn3)CC2)cn1. The monoisotopic (exact) mass is 325 g/mol. The first kappa shape index (κ1) is 15.9. The molecule has 8 nitrogen and oxygen atoms in total. The molecule has 3 heterocycles. The van der Waals surface area contributed by atoms with E-state index in [1.165, 1.54) is 0 Å². The zero-order chi connectivity index (χ0) is 16.8. The van der Waals surface area contributed by atoms with Gasteiger partial charge in [0.1, 0.15) is 0 Å². The number of anilines is 2. The summed E-state index contributed by atoms with van der Waals surface area (Å²) in [7, 11) is 0. The van der Waals surface area contributed by atoms with Crippen molar-refractivity contribution in [3.05, 3.63) is 49.1 Å². The second-order valence-corrected chi connectivity index (χ2v) is 5.29. The third kappa shape index (κ3) is 3.65. The van der Waals surface area contributed by atoms with Crippen molar-refractivity contribution in [3.63, 3.8) is 0 Å². The number of piperazine rings is 1. The molecule has 8 heteroatoms. The second-order valence-electron chi connectivity index (χ2n) is 5.29. The van der Waals surface area contributed by atoms with Crippen molar-refractivity contribution in [3.8, 4) is 0 Å². The van der Waals surface area contributed by atoms with Gasteiger partial charge in [-0.2, -0.15) is 0 Å². The molecular formula is C16H19N7O. The third-order valence-electron chi connectivity index (χ3n) is 3.71. The molecule has 2 aromatic rings. The number of amides is 1. The fourth-order valence-electron chi connectivity index (χ4n) is 2.44. The highest BCUT2D eigenvalue weighted by Gasteiger charge is 2.23. The van der Waals surface area contributed by atoms with Crippen LogP contribution in [0.5, 0.6) is 0 Å². The molecule has 1 fully saturated rings. The zero-order valence-corrected chi connectivity index (χ0v) is 13.3. The molecule has 24 heavy (non-hydrogen) atoms. The van der Waals surface area contributed by atoms with Gasteiger partial charge in [-0.1, -0.05) is 6.08 Å². The number of hydrogen-bond donors (Lipinski definition) is 1. The van der Waals surface area contributed by atoms with Gasteiger partial charge in [0.05, 0.1) is 5.56 Å². The van der Waals surface area contributed by atoms with Crippen LogP contribution >= 0.6 is 0 Å². The van der Waals surface area contributed by atoms with Crippen LogP contribution in [0.1, 0.15) is 10.4 Å². The Morgan fingerprint density at radius 1 is 1.12 bits per heavy atom. The lowest BCUT2D eigenvalue weighted by molar-refractivity contribution is 0.0745. The molecule has 1 amide bonds. The number of nitrogens with zero attached hydrogens (tertiary/aromatic N) is 6. The summed E-state index contributed by atoms with van der Waals surface area (Å²) in [6, 6.07) is 1.79. The molecule has 124 valence electrons. The minimum absolute atomic E-state index is 0.0566. The number of carbonyl (C=O) groups is 1. The first-order chi connectivity index (χ1) is 11.8. The van der Waals surface area contributed by atoms with E-state index in [1.807, 2.05) is 0 Å². The molecule has 0 aromatic carbocycles. The second kappa shape index (κ2) is 7.49. The Morgan fingerprint density at radius 2 is 1.79 bits per heavy atom. The predicted molar refractivity (Wildman–Crippen MR) is 90.9 cm³/mol. The zero-order valence-electron chi connectivity index (χ0n) is 13.3. The van der Waals surface area contributed by atoms with E-state index in [0.717, 1.165) is 0 Å². The number of carbonyl (C=O) groups excluding carboxylic acids is 1. The van der Waals surface area contributed by atoms with Crippen molar-refractivity contribution in [1.82, 2.24) is 24.8 Å². The van der Waals surface area contributed by atoms with Gasteiger partial charge in [0.15, 0.2) is 0 Å². The Bertz CT molecular complexity index is 681. The molecule has 0 aliphatic carbocycles. The van der Waals surface area contributed by atoms with Gasteiger partial charge in [0, 0.05) is 57.5 Å². The van der Waals surface area contributed by atoms with Gasteiger partial charge in [-0.3, -0.25) is 4.79 Å². The Morgan fingerprint density at radius 3 is 2.42 bits per heavy atom. The fraction of sp³-hybridized carbons (Fsp3) is 0.312. The summed E-state index contributed by atoms with van der Waals surface area (Å²) < 4.78 is 0. The van der Waals surface area contributed by atoms with Crippen LogP contribution < -0.4 is 10.2 Å². The minimum atomic E-state index is -0.0566. The van der Waals surface area contributed by atoms with Gasteiger partial charge < -0.3 is 15.1 Å². The smallest absolute Gasteiger partial charge is 0.257 e. The quantitative estimate of drug-likeness (QED) is 0.815. The lowest BCUT2D eigenvalue weighted by Crippen LogP contribution is -2.49. The number of nitrogens with one attached hydrogen (secondary N) is 1. The molecule has 0 unspecified atom stereocenters. The van der Waals surface area contributed by atoms with E-state index < -0.39 is 0 Å². The fourth-order valence-corrected chi connectivity index (χ4v) is 2.44. The van der Waals surface area contributed by atoms with E-state index in [0.29, 0.717) is 50.2 Å². The highest BCUT2D eigenvalue weighted by Crippen LogP contribution is 2.12. The summed E-state index contributed by atoms with van der Waals surface area (Å²) in [5, 5.41) is 2.98. The predicted octanol–water partition coefficient (Wildman–Crippen LogP) is 0.827. The summed E-state index contributed by atoms with van der Waals surface area (Å²) in [6.07, 6.45) is 8.26. The molecule has 1 aliphatic rings. The molecule has 0 bridgehead atoms. The van der Waals surface area contributed by atoms with Crippen LogP contribution in [0.25, 0.3) is 0 Å². The third-order valence-corrected chi connectivity index (χ3v) is 3.71. The van der Waals surface area contributed by atoms with Crippen LogP contribution in [-0.4, -0.2) is 63.5 Å². The maximum atomic E-state index is 12.5. The van der Waals surface area contributed by atoms with Gasteiger partial charge in [-0.15, -0.1) is 6.58 Å². The van der Waals surface area contributed by atoms with E-state index in [1.54, 1.807) is 41.8 Å². The van der Waals surface area contributed by atoms with Crippen LogP contribution in [0.4, 0.5) is 11.9 Å². The molecule has 1 aliphatic heterocycles. The average molecular weight is 325 g/mol. The highest BCUT2D eigenvalue weighted by molar-refractivity contribution is 5.93. The first-order valence-corrected chi connectivity index (χ1v) is 7.76. The highest BCUT2D eigenvalue weighted by atomic mass is 16.2. The van der Waals surface area contributed by atoms with E-state index in [-0.39, 0.29) is 5.91 Å². The molecule has 0 spiro atoms. The first-order valence-electron chi connectivity index (χ1n) is 7.76. The summed E-state index contributed by atoms with van der Waals surface area (Å²) in [5.74, 6) is 1.13. The topological polar surface area (TPSA) is 87.1 Å². The normalized spacial score (nSPS) is 14.3. The van der Waals surface area contributed by atoms with Crippen LogP contribution in [0.15, 0.2) is 43.5 Å². The van der Waals surface area contributed by atoms with Crippen molar-refractivity contribution in [2.75, 3.05) is 42.9 Å². The Hall–Kier alpha value is -3.03. The van der Waals surface area contributed by atoms with Crippen molar-refractivity contribution < 1.29 is 4.79 Å². The molecule has 0 radical (unpaired) electrons. The Labute approximate surface area is 140 Å². The average Bonchev–Trinajstić information content (AvgIpc) is 2.67. The molecule has 1 N–H and O–H groups in total. The van der Waals surface area contributed by atoms with Gasteiger partial charge in [0.2, 0.25) is 11.9 Å². The number of rotatable bonds is 5. The van der Waals surface area contributed by atoms with Gasteiger partial charge in [-0.05, 0) is 6.07 Å². The van der Waals surface area contributed by atoms with Gasteiger partial charge in [-0.25, -0.2) is 19.9 Å². The van der Waals surface area contributed by atoms with E-state index in [2.05, 4.69) is 36.7 Å². The van der Waals surface area contributed by atoms with Crippen LogP contribution in [0.2, 0.25) is 0 Å². The summed E-state index contributed by atoms with van der Waals surface area (Å²) >= 11 is 0. The van der Waals surface area contributed by atoms with Crippen LogP contribution in [0.3, 0.4) is 0 Å². The van der Waals surface area contributed by atoms with Crippen molar-refractivity contribution in [2.24, 2.45) is 0 Å². The summed E-state index contributed by atoms with van der Waals surface area (Å²) in [4.78, 5) is 33.2. The summed E-state index contributed by atoms with van der Waals surface area (Å²) in [6.45, 7) is 6.84. The van der Waals surface area contributed by atoms with Crippen LogP contribution in [0, 0.1) is 0 Å². The molecule has 3 rings (SSSR count). The van der Waals surface area contributed by atoms with Gasteiger partial charge >= 0.3 is 0 Å². The molecule has 2 aromatic heterocycles. The lowest BCUT2D eigenvalue weighted by atomic mass is 10.2. The molecule has 0 atom stereocenters. The Balaban J connectivity index is 1.58. The minimum Gasteiger partial charge on any atom is -0.351 e. The lowest BCUT2D eigenvalue weighted by Gasteiger charge is -2.34. The van der Waals surface area contributed by atoms with Gasteiger partial charge in [0.25, 0.3) is 5.91 Å².